The summed E-state index contributed by atoms with van der Waals surface area (Å²) in [6.07, 6.45) is 7.22. The minimum absolute atomic E-state index is 0.231. The van der Waals surface area contributed by atoms with Gasteiger partial charge in [0.1, 0.15) is 12.4 Å². The van der Waals surface area contributed by atoms with Crippen LogP contribution in [0.4, 0.5) is 0 Å². The van der Waals surface area contributed by atoms with E-state index >= 15 is 0 Å². The van der Waals surface area contributed by atoms with Gasteiger partial charge in [-0.05, 0) is 32.6 Å². The van der Waals surface area contributed by atoms with Gasteiger partial charge in [0.25, 0.3) is 0 Å². The second-order valence-corrected chi connectivity index (χ2v) is 7.73. The van der Waals surface area contributed by atoms with E-state index in [4.69, 9.17) is 4.99 Å². The van der Waals surface area contributed by atoms with Crippen molar-refractivity contribution in [2.45, 2.75) is 64.1 Å². The van der Waals surface area contributed by atoms with Crippen LogP contribution in [0.2, 0.25) is 0 Å². The summed E-state index contributed by atoms with van der Waals surface area (Å²) in [6.45, 7) is 4.49. The molecule has 3 aliphatic rings. The Balaban J connectivity index is 1.47. The Morgan fingerprint density at radius 3 is 2.58 bits per heavy atom. The molecule has 2 heterocycles. The molecule has 0 spiro atoms. The van der Waals surface area contributed by atoms with Gasteiger partial charge in [-0.25, -0.2) is 4.99 Å². The van der Waals surface area contributed by atoms with Crippen molar-refractivity contribution in [1.82, 2.24) is 29.9 Å². The zero-order chi connectivity index (χ0) is 18.1. The number of nitrogens with zero attached hydrogens (tertiary/aromatic N) is 6. The summed E-state index contributed by atoms with van der Waals surface area (Å²) in [7, 11) is 1.96. The number of rotatable bonds is 4. The molecule has 4 rings (SSSR count). The Kier molecular flexibility index (Phi) is 4.82. The normalized spacial score (nSPS) is 22.4. The Morgan fingerprint density at radius 2 is 1.96 bits per heavy atom. The van der Waals surface area contributed by atoms with Crippen molar-refractivity contribution in [2.24, 2.45) is 12.0 Å². The fraction of sp³-hybridized carbons (Fsp3) is 0.778. The lowest BCUT2D eigenvalue weighted by atomic mass is 10.2. The van der Waals surface area contributed by atoms with Crippen molar-refractivity contribution in [3.63, 3.8) is 0 Å². The quantitative estimate of drug-likeness (QED) is 0.636. The van der Waals surface area contributed by atoms with Crippen LogP contribution < -0.4 is 5.32 Å². The van der Waals surface area contributed by atoms with Crippen LogP contribution in [0, 0.1) is 6.92 Å². The van der Waals surface area contributed by atoms with Gasteiger partial charge in [0.05, 0.1) is 6.54 Å². The molecule has 0 bridgehead atoms. The summed E-state index contributed by atoms with van der Waals surface area (Å²) in [5.41, 5.74) is 0. The summed E-state index contributed by atoms with van der Waals surface area (Å²) < 4.78 is 1.97. The largest absolute Gasteiger partial charge is 0.353 e. The van der Waals surface area contributed by atoms with Crippen LogP contribution in [0.1, 0.15) is 50.2 Å². The number of hydrogen-bond acceptors (Lipinski definition) is 4. The maximum atomic E-state index is 12.5. The Hall–Kier alpha value is -2.12. The topological polar surface area (TPSA) is 78.7 Å². The summed E-state index contributed by atoms with van der Waals surface area (Å²) in [5.74, 6) is 2.81. The molecule has 0 atom stereocenters. The molecule has 8 nitrogen and oxygen atoms in total. The zero-order valence-electron chi connectivity index (χ0n) is 15.8. The fourth-order valence-corrected chi connectivity index (χ4v) is 3.86. The van der Waals surface area contributed by atoms with Gasteiger partial charge >= 0.3 is 0 Å². The van der Waals surface area contributed by atoms with E-state index < -0.39 is 0 Å². The van der Waals surface area contributed by atoms with Crippen molar-refractivity contribution >= 4 is 11.9 Å². The van der Waals surface area contributed by atoms with Crippen LogP contribution in [-0.4, -0.2) is 68.1 Å². The molecule has 2 saturated carbocycles. The molecule has 0 unspecified atom stereocenters. The molecule has 1 aromatic rings. The first-order valence-corrected chi connectivity index (χ1v) is 9.82. The standard InChI is InChI=1S/C18H29N7O/c1-13-21-22-16(23(13)2)11-19-18(20-14-5-3-4-6-14)24-9-10-25(15-7-8-15)17(26)12-24/h14-15H,3-12H2,1-2H3,(H,19,20). The summed E-state index contributed by atoms with van der Waals surface area (Å²) in [5, 5.41) is 11.9. The molecule has 1 N–H and O–H groups in total. The summed E-state index contributed by atoms with van der Waals surface area (Å²) in [6, 6.07) is 0.959. The van der Waals surface area contributed by atoms with E-state index in [9.17, 15) is 4.79 Å². The molecule has 142 valence electrons. The van der Waals surface area contributed by atoms with Crippen molar-refractivity contribution in [1.29, 1.82) is 0 Å². The Bertz CT molecular complexity index is 688. The number of piperazine rings is 1. The van der Waals surface area contributed by atoms with Gasteiger partial charge < -0.3 is 19.7 Å². The van der Waals surface area contributed by atoms with Gasteiger partial charge in [0, 0.05) is 32.2 Å². The maximum absolute atomic E-state index is 12.5. The maximum Gasteiger partial charge on any atom is 0.242 e. The molecule has 2 aliphatic carbocycles. The SMILES string of the molecule is Cc1nnc(CN=C(NC2CCCC2)N2CCN(C3CC3)C(=O)C2)n1C. The molecule has 1 amide bonds. The van der Waals surface area contributed by atoms with Crippen molar-refractivity contribution in [3.05, 3.63) is 11.6 Å². The molecule has 8 heteroatoms. The van der Waals surface area contributed by atoms with Crippen LogP contribution in [0.5, 0.6) is 0 Å². The summed E-state index contributed by atoms with van der Waals surface area (Å²) in [4.78, 5) is 21.5. The second kappa shape index (κ2) is 7.25. The van der Waals surface area contributed by atoms with Crippen LogP contribution in [-0.2, 0) is 18.4 Å². The highest BCUT2D eigenvalue weighted by molar-refractivity contribution is 5.88. The lowest BCUT2D eigenvalue weighted by Crippen LogP contribution is -2.56. The highest BCUT2D eigenvalue weighted by atomic mass is 16.2. The fourth-order valence-electron chi connectivity index (χ4n) is 3.86. The summed E-state index contributed by atoms with van der Waals surface area (Å²) >= 11 is 0. The van der Waals surface area contributed by atoms with Gasteiger partial charge in [0.2, 0.25) is 5.91 Å². The van der Waals surface area contributed by atoms with E-state index in [0.717, 1.165) is 30.7 Å². The first-order valence-electron chi connectivity index (χ1n) is 9.82. The van der Waals surface area contributed by atoms with Gasteiger partial charge in [-0.15, -0.1) is 10.2 Å². The predicted octanol–water partition coefficient (Wildman–Crippen LogP) is 0.818. The van der Waals surface area contributed by atoms with Crippen LogP contribution >= 0.6 is 0 Å². The smallest absolute Gasteiger partial charge is 0.242 e. The average molecular weight is 359 g/mol. The number of aryl methyl sites for hydroxylation is 1. The number of nitrogens with one attached hydrogen (secondary N) is 1. The number of aliphatic imine (C=N–C) groups is 1. The average Bonchev–Trinajstić information content (AvgIpc) is 3.25. The lowest BCUT2D eigenvalue weighted by Gasteiger charge is -2.37. The van der Waals surface area contributed by atoms with Crippen molar-refractivity contribution in [2.75, 3.05) is 19.6 Å². The van der Waals surface area contributed by atoms with Crippen molar-refractivity contribution < 1.29 is 4.79 Å². The van der Waals surface area contributed by atoms with Crippen LogP contribution in [0.25, 0.3) is 0 Å². The van der Waals surface area contributed by atoms with Gasteiger partial charge in [-0.3, -0.25) is 4.79 Å². The minimum atomic E-state index is 0.231. The number of guanidine groups is 1. The van der Waals surface area contributed by atoms with E-state index in [2.05, 4.69) is 25.3 Å². The van der Waals surface area contributed by atoms with Gasteiger partial charge in [-0.2, -0.15) is 0 Å². The molecule has 1 aliphatic heterocycles. The third-order valence-corrected chi connectivity index (χ3v) is 5.79. The molecule has 0 radical (unpaired) electrons. The van der Waals surface area contributed by atoms with E-state index in [1.165, 1.54) is 38.5 Å². The zero-order valence-corrected chi connectivity index (χ0v) is 15.8. The first kappa shape index (κ1) is 17.3. The second-order valence-electron chi connectivity index (χ2n) is 7.73. The number of aromatic nitrogens is 3. The van der Waals surface area contributed by atoms with E-state index in [1.54, 1.807) is 0 Å². The van der Waals surface area contributed by atoms with Gasteiger partial charge in [-0.1, -0.05) is 12.8 Å². The van der Waals surface area contributed by atoms with Crippen LogP contribution in [0.3, 0.4) is 0 Å². The molecule has 0 aromatic carbocycles. The third-order valence-electron chi connectivity index (χ3n) is 5.79. The number of hydrogen-bond donors (Lipinski definition) is 1. The Labute approximate surface area is 154 Å². The molecule has 3 fully saturated rings. The molecular formula is C18H29N7O. The number of carbonyl (C=O) groups is 1. The van der Waals surface area contributed by atoms with Crippen molar-refractivity contribution in [3.8, 4) is 0 Å². The van der Waals surface area contributed by atoms with E-state index in [-0.39, 0.29) is 5.91 Å². The molecule has 1 saturated heterocycles. The predicted molar refractivity (Wildman–Crippen MR) is 98.6 cm³/mol. The monoisotopic (exact) mass is 359 g/mol. The number of amides is 1. The van der Waals surface area contributed by atoms with E-state index in [1.807, 2.05) is 18.5 Å². The minimum Gasteiger partial charge on any atom is -0.353 e. The molecule has 26 heavy (non-hydrogen) atoms. The third kappa shape index (κ3) is 3.68. The van der Waals surface area contributed by atoms with E-state index in [0.29, 0.717) is 25.2 Å². The van der Waals surface area contributed by atoms with Crippen LogP contribution in [0.15, 0.2) is 4.99 Å². The Morgan fingerprint density at radius 1 is 1.19 bits per heavy atom. The first-order chi connectivity index (χ1) is 12.6. The van der Waals surface area contributed by atoms with Gasteiger partial charge in [0.15, 0.2) is 11.8 Å². The lowest BCUT2D eigenvalue weighted by molar-refractivity contribution is -0.135. The molecule has 1 aromatic heterocycles. The highest BCUT2D eigenvalue weighted by Gasteiger charge is 2.36. The molecular weight excluding hydrogens is 330 g/mol. The number of carbonyl (C=O) groups excluding carboxylic acids is 1. The highest BCUT2D eigenvalue weighted by Crippen LogP contribution is 2.28.